The summed E-state index contributed by atoms with van der Waals surface area (Å²) >= 11 is 0. The van der Waals surface area contributed by atoms with Gasteiger partial charge in [0.1, 0.15) is 0 Å². The Bertz CT molecular complexity index is 503. The van der Waals surface area contributed by atoms with Crippen molar-refractivity contribution in [1.29, 1.82) is 0 Å². The fraction of sp³-hybridized carbons (Fsp3) is 0.500. The van der Waals surface area contributed by atoms with E-state index in [1.807, 2.05) is 0 Å². The van der Waals surface area contributed by atoms with Gasteiger partial charge in [0.2, 0.25) is 0 Å². The normalized spacial score (nSPS) is 14.1. The van der Waals surface area contributed by atoms with Crippen molar-refractivity contribution in [2.24, 2.45) is 0 Å². The number of nitrogens with zero attached hydrogens (tertiary/aromatic N) is 2. The van der Waals surface area contributed by atoms with Crippen LogP contribution in [0.25, 0.3) is 0 Å². The molecule has 0 unspecified atom stereocenters. The maximum atomic E-state index is 11.1. The van der Waals surface area contributed by atoms with Crippen LogP contribution in [0.4, 0.5) is 11.4 Å². The van der Waals surface area contributed by atoms with Gasteiger partial charge in [0, 0.05) is 11.1 Å². The molecule has 0 N–H and O–H groups in total. The Morgan fingerprint density at radius 3 is 1.44 bits per heavy atom. The highest BCUT2D eigenvalue weighted by atomic mass is 16.6. The molecule has 0 amide bonds. The van der Waals surface area contributed by atoms with Gasteiger partial charge in [-0.05, 0) is 50.7 Å². The van der Waals surface area contributed by atoms with E-state index in [0.717, 1.165) is 36.8 Å². The average molecular weight is 250 g/mol. The van der Waals surface area contributed by atoms with E-state index in [2.05, 4.69) is 0 Å². The van der Waals surface area contributed by atoms with Crippen LogP contribution in [-0.2, 0) is 12.8 Å². The van der Waals surface area contributed by atoms with Crippen molar-refractivity contribution in [3.63, 3.8) is 0 Å². The van der Waals surface area contributed by atoms with Gasteiger partial charge in [-0.1, -0.05) is 0 Å². The minimum absolute atomic E-state index is 0.335. The van der Waals surface area contributed by atoms with Crippen molar-refractivity contribution in [2.75, 3.05) is 0 Å². The smallest absolute Gasteiger partial charge is 0.258 e. The predicted molar refractivity (Wildman–Crippen MR) is 65.9 cm³/mol. The van der Waals surface area contributed by atoms with Crippen LogP contribution in [0.1, 0.15) is 35.1 Å². The number of hydrogen-bond donors (Lipinski definition) is 0. The Hall–Kier alpha value is -1.98. The van der Waals surface area contributed by atoms with Gasteiger partial charge >= 0.3 is 11.4 Å². The number of rotatable bonds is 2. The lowest BCUT2D eigenvalue weighted by molar-refractivity contribution is -0.423. The van der Waals surface area contributed by atoms with Gasteiger partial charge in [-0.3, -0.25) is 20.2 Å². The fourth-order valence-electron chi connectivity index (χ4n) is 2.82. The van der Waals surface area contributed by atoms with E-state index in [9.17, 15) is 20.2 Å². The Morgan fingerprint density at radius 1 is 0.833 bits per heavy atom. The zero-order chi connectivity index (χ0) is 13.4. The lowest BCUT2D eigenvalue weighted by atomic mass is 9.84. The highest BCUT2D eigenvalue weighted by molar-refractivity contribution is 5.67. The summed E-state index contributed by atoms with van der Waals surface area (Å²) in [7, 11) is 0. The van der Waals surface area contributed by atoms with Crippen molar-refractivity contribution in [2.45, 2.75) is 39.5 Å². The molecule has 6 heteroatoms. The monoisotopic (exact) mass is 250 g/mol. The minimum Gasteiger partial charge on any atom is -0.258 e. The predicted octanol–water partition coefficient (Wildman–Crippen LogP) is 3.00. The second-order valence-electron chi connectivity index (χ2n) is 4.63. The highest BCUT2D eigenvalue weighted by Gasteiger charge is 2.34. The molecule has 0 saturated carbocycles. The number of benzene rings is 1. The molecule has 6 nitrogen and oxygen atoms in total. The molecular formula is C12H14N2O4. The third-order valence-electron chi connectivity index (χ3n) is 3.67. The Balaban J connectivity index is 2.84. The average Bonchev–Trinajstić information content (AvgIpc) is 2.32. The summed E-state index contributed by atoms with van der Waals surface area (Å²) in [4.78, 5) is 20.9. The molecule has 0 aliphatic heterocycles. The highest BCUT2D eigenvalue weighted by Crippen LogP contribution is 2.41. The Labute approximate surface area is 104 Å². The summed E-state index contributed by atoms with van der Waals surface area (Å²) in [5, 5.41) is 22.2. The molecule has 1 aliphatic rings. The lowest BCUT2D eigenvalue weighted by Gasteiger charge is -2.20. The van der Waals surface area contributed by atoms with Crippen molar-refractivity contribution in [1.82, 2.24) is 0 Å². The first-order chi connectivity index (χ1) is 8.45. The van der Waals surface area contributed by atoms with Crippen LogP contribution in [0.5, 0.6) is 0 Å². The summed E-state index contributed by atoms with van der Waals surface area (Å²) in [5.74, 6) is 0. The summed E-state index contributed by atoms with van der Waals surface area (Å²) in [6.45, 7) is 3.24. The molecule has 0 saturated heterocycles. The second kappa shape index (κ2) is 4.36. The zero-order valence-electron chi connectivity index (χ0n) is 10.4. The molecule has 0 aromatic heterocycles. The molecule has 2 rings (SSSR count). The lowest BCUT2D eigenvalue weighted by Crippen LogP contribution is -2.12. The van der Waals surface area contributed by atoms with Crippen molar-refractivity contribution in [3.8, 4) is 0 Å². The van der Waals surface area contributed by atoms with Gasteiger partial charge in [-0.15, -0.1) is 0 Å². The molecule has 1 aromatic rings. The van der Waals surface area contributed by atoms with Crippen molar-refractivity contribution < 1.29 is 9.85 Å². The Kier molecular flexibility index (Phi) is 3.02. The van der Waals surface area contributed by atoms with E-state index in [4.69, 9.17) is 0 Å². The van der Waals surface area contributed by atoms with Gasteiger partial charge in [-0.2, -0.15) is 0 Å². The maximum Gasteiger partial charge on any atom is 0.349 e. The standard InChI is InChI=1S/C12H14N2O4/c1-7-9-5-3-4-6-10(9)8(2)12(14(17)18)11(7)13(15)16/h3-6H2,1-2H3. The molecule has 0 atom stereocenters. The molecule has 0 heterocycles. The number of hydrogen-bond acceptors (Lipinski definition) is 4. The van der Waals surface area contributed by atoms with Gasteiger partial charge in [0.05, 0.1) is 9.85 Å². The molecule has 1 aromatic carbocycles. The van der Waals surface area contributed by atoms with E-state index >= 15 is 0 Å². The van der Waals surface area contributed by atoms with Crippen molar-refractivity contribution in [3.05, 3.63) is 42.5 Å². The molecule has 0 bridgehead atoms. The maximum absolute atomic E-state index is 11.1. The van der Waals surface area contributed by atoms with E-state index < -0.39 is 9.85 Å². The fourth-order valence-corrected chi connectivity index (χ4v) is 2.82. The number of nitro groups is 2. The van der Waals surface area contributed by atoms with Gasteiger partial charge < -0.3 is 0 Å². The summed E-state index contributed by atoms with van der Waals surface area (Å²) in [5.41, 5.74) is 2.14. The van der Waals surface area contributed by atoms with Crippen LogP contribution < -0.4 is 0 Å². The zero-order valence-corrected chi connectivity index (χ0v) is 10.4. The molecule has 96 valence electrons. The second-order valence-corrected chi connectivity index (χ2v) is 4.63. The van der Waals surface area contributed by atoms with Crippen LogP contribution in [0.3, 0.4) is 0 Å². The third kappa shape index (κ3) is 1.73. The largest absolute Gasteiger partial charge is 0.349 e. The molecule has 0 fully saturated rings. The quantitative estimate of drug-likeness (QED) is 0.596. The van der Waals surface area contributed by atoms with E-state index in [1.165, 1.54) is 0 Å². The number of nitro benzene ring substituents is 2. The summed E-state index contributed by atoms with van der Waals surface area (Å²) in [6, 6.07) is 0. The summed E-state index contributed by atoms with van der Waals surface area (Å²) in [6.07, 6.45) is 3.53. The first-order valence-corrected chi connectivity index (χ1v) is 5.88. The molecular weight excluding hydrogens is 236 g/mol. The van der Waals surface area contributed by atoms with Crippen molar-refractivity contribution >= 4 is 11.4 Å². The van der Waals surface area contributed by atoms with Gasteiger partial charge in [-0.25, -0.2) is 0 Å². The molecule has 0 spiro atoms. The third-order valence-corrected chi connectivity index (χ3v) is 3.67. The van der Waals surface area contributed by atoms with Crippen LogP contribution in [0.15, 0.2) is 0 Å². The first kappa shape index (κ1) is 12.5. The Morgan fingerprint density at radius 2 is 1.17 bits per heavy atom. The summed E-state index contributed by atoms with van der Waals surface area (Å²) < 4.78 is 0. The van der Waals surface area contributed by atoms with Gasteiger partial charge in [0.25, 0.3) is 0 Å². The van der Waals surface area contributed by atoms with E-state index in [1.54, 1.807) is 13.8 Å². The topological polar surface area (TPSA) is 86.3 Å². The minimum atomic E-state index is -0.630. The van der Waals surface area contributed by atoms with Crippen LogP contribution >= 0.6 is 0 Å². The van der Waals surface area contributed by atoms with Gasteiger partial charge in [0.15, 0.2) is 0 Å². The molecule has 18 heavy (non-hydrogen) atoms. The van der Waals surface area contributed by atoms with Crippen LogP contribution in [0, 0.1) is 34.1 Å². The molecule has 1 aliphatic carbocycles. The molecule has 0 radical (unpaired) electrons. The van der Waals surface area contributed by atoms with Crippen LogP contribution in [-0.4, -0.2) is 9.85 Å². The SMILES string of the molecule is Cc1c2c(c(C)c([N+](=O)[O-])c1[N+](=O)[O-])CCCC2. The van der Waals surface area contributed by atoms with E-state index in [-0.39, 0.29) is 11.4 Å². The van der Waals surface area contributed by atoms with E-state index in [0.29, 0.717) is 11.1 Å². The number of fused-ring (bicyclic) bond motifs is 1. The first-order valence-electron chi connectivity index (χ1n) is 5.88. The van der Waals surface area contributed by atoms with Crippen LogP contribution in [0.2, 0.25) is 0 Å².